The molecule has 3 heteroatoms. The average Bonchev–Trinajstić information content (AvgIpc) is 2.42. The summed E-state index contributed by atoms with van der Waals surface area (Å²) >= 11 is 0. The number of hydrogen-bond donors (Lipinski definition) is 1. The van der Waals surface area contributed by atoms with Gasteiger partial charge in [-0.2, -0.15) is 0 Å². The number of fused-ring (bicyclic) bond motifs is 1. The van der Waals surface area contributed by atoms with E-state index < -0.39 is 0 Å². The molecule has 0 fully saturated rings. The van der Waals surface area contributed by atoms with Crippen LogP contribution < -0.4 is 15.4 Å². The first-order valence-corrected chi connectivity index (χ1v) is 7.49. The Kier molecular flexibility index (Phi) is 5.08. The third-order valence-corrected chi connectivity index (χ3v) is 3.69. The van der Waals surface area contributed by atoms with E-state index in [0.29, 0.717) is 6.54 Å². The normalized spacial score (nSPS) is 18.1. The van der Waals surface area contributed by atoms with Crippen LogP contribution in [-0.4, -0.2) is 19.2 Å². The van der Waals surface area contributed by atoms with Gasteiger partial charge < -0.3 is 15.4 Å². The van der Waals surface area contributed by atoms with Crippen LogP contribution in [0.5, 0.6) is 5.75 Å². The monoisotopic (exact) mass is 262 g/mol. The number of unbranched alkanes of at least 4 members (excludes halogenated alkanes) is 3. The van der Waals surface area contributed by atoms with E-state index in [-0.39, 0.29) is 6.10 Å². The van der Waals surface area contributed by atoms with Crippen LogP contribution >= 0.6 is 0 Å². The van der Waals surface area contributed by atoms with E-state index in [4.69, 9.17) is 10.5 Å². The molecule has 0 aliphatic carbocycles. The first kappa shape index (κ1) is 14.2. The van der Waals surface area contributed by atoms with Gasteiger partial charge in [0.2, 0.25) is 0 Å². The van der Waals surface area contributed by atoms with E-state index in [1.54, 1.807) is 0 Å². The molecule has 1 unspecified atom stereocenters. The van der Waals surface area contributed by atoms with Crippen molar-refractivity contribution in [3.63, 3.8) is 0 Å². The maximum Gasteiger partial charge on any atom is 0.143 e. The molecule has 1 atom stereocenters. The second-order valence-electron chi connectivity index (χ2n) is 5.44. The summed E-state index contributed by atoms with van der Waals surface area (Å²) in [6, 6.07) is 6.35. The summed E-state index contributed by atoms with van der Waals surface area (Å²) in [6.07, 6.45) is 5.46. The van der Waals surface area contributed by atoms with Gasteiger partial charge in [-0.1, -0.05) is 32.3 Å². The molecule has 106 valence electrons. The topological polar surface area (TPSA) is 38.5 Å². The zero-order chi connectivity index (χ0) is 13.7. The maximum absolute atomic E-state index is 5.93. The molecule has 0 aromatic heterocycles. The number of benzene rings is 1. The molecule has 0 saturated heterocycles. The molecule has 1 aromatic carbocycles. The maximum atomic E-state index is 5.93. The van der Waals surface area contributed by atoms with Crippen LogP contribution in [0.25, 0.3) is 0 Å². The lowest BCUT2D eigenvalue weighted by atomic mass is 10.1. The van der Waals surface area contributed by atoms with Crippen molar-refractivity contribution in [2.75, 3.05) is 18.0 Å². The Balaban J connectivity index is 2.05. The third kappa shape index (κ3) is 3.63. The molecule has 1 aliphatic rings. The van der Waals surface area contributed by atoms with Crippen LogP contribution in [0.1, 0.15) is 45.1 Å². The Morgan fingerprint density at radius 2 is 2.16 bits per heavy atom. The molecule has 19 heavy (non-hydrogen) atoms. The Hall–Kier alpha value is -1.22. The fourth-order valence-electron chi connectivity index (χ4n) is 2.65. The molecule has 1 aliphatic heterocycles. The lowest BCUT2D eigenvalue weighted by Crippen LogP contribution is -2.39. The summed E-state index contributed by atoms with van der Waals surface area (Å²) in [5, 5.41) is 0. The predicted molar refractivity (Wildman–Crippen MR) is 80.8 cm³/mol. The number of ether oxygens (including phenoxy) is 1. The second-order valence-corrected chi connectivity index (χ2v) is 5.44. The second kappa shape index (κ2) is 6.80. The zero-order valence-corrected chi connectivity index (χ0v) is 12.2. The van der Waals surface area contributed by atoms with Crippen molar-refractivity contribution >= 4 is 5.69 Å². The molecule has 0 radical (unpaired) electrons. The molecule has 0 saturated carbocycles. The van der Waals surface area contributed by atoms with Gasteiger partial charge in [0, 0.05) is 13.1 Å². The van der Waals surface area contributed by atoms with Gasteiger partial charge in [0.15, 0.2) is 0 Å². The van der Waals surface area contributed by atoms with Crippen molar-refractivity contribution < 1.29 is 4.74 Å². The van der Waals surface area contributed by atoms with E-state index in [0.717, 1.165) is 24.4 Å². The van der Waals surface area contributed by atoms with Gasteiger partial charge in [-0.05, 0) is 31.0 Å². The highest BCUT2D eigenvalue weighted by Gasteiger charge is 2.22. The minimum Gasteiger partial charge on any atom is -0.487 e. The van der Waals surface area contributed by atoms with Crippen LogP contribution in [0.2, 0.25) is 0 Å². The van der Waals surface area contributed by atoms with Gasteiger partial charge in [-0.25, -0.2) is 0 Å². The average molecular weight is 262 g/mol. The van der Waals surface area contributed by atoms with E-state index in [1.165, 1.54) is 31.4 Å². The van der Waals surface area contributed by atoms with Crippen LogP contribution in [0.4, 0.5) is 5.69 Å². The summed E-state index contributed by atoms with van der Waals surface area (Å²) < 4.78 is 5.93. The fraction of sp³-hybridized carbons (Fsp3) is 0.625. The summed E-state index contributed by atoms with van der Waals surface area (Å²) in [7, 11) is 0. The molecular formula is C16H26N2O. The molecule has 0 spiro atoms. The summed E-state index contributed by atoms with van der Waals surface area (Å²) in [6.45, 7) is 7.07. The highest BCUT2D eigenvalue weighted by atomic mass is 16.5. The largest absolute Gasteiger partial charge is 0.487 e. The van der Waals surface area contributed by atoms with Gasteiger partial charge in [0.1, 0.15) is 11.9 Å². The number of nitrogens with zero attached hydrogens (tertiary/aromatic N) is 1. The Labute approximate surface area is 116 Å². The lowest BCUT2D eigenvalue weighted by molar-refractivity contribution is 0.212. The van der Waals surface area contributed by atoms with E-state index >= 15 is 0 Å². The molecule has 0 bridgehead atoms. The van der Waals surface area contributed by atoms with Gasteiger partial charge >= 0.3 is 0 Å². The van der Waals surface area contributed by atoms with Crippen LogP contribution in [0.15, 0.2) is 18.2 Å². The minimum absolute atomic E-state index is 0.256. The predicted octanol–water partition coefficient (Wildman–Crippen LogP) is 3.31. The van der Waals surface area contributed by atoms with Gasteiger partial charge in [0.05, 0.1) is 12.2 Å². The van der Waals surface area contributed by atoms with Crippen molar-refractivity contribution in [3.05, 3.63) is 23.8 Å². The van der Waals surface area contributed by atoms with Gasteiger partial charge in [0.25, 0.3) is 0 Å². The third-order valence-electron chi connectivity index (χ3n) is 3.69. The van der Waals surface area contributed by atoms with Crippen molar-refractivity contribution in [2.45, 2.75) is 52.2 Å². The van der Waals surface area contributed by atoms with Crippen molar-refractivity contribution in [1.29, 1.82) is 0 Å². The number of anilines is 1. The summed E-state index contributed by atoms with van der Waals surface area (Å²) in [4.78, 5) is 2.46. The SMILES string of the molecule is CCCCCCN1CC(C)Oc2cc(CN)ccc21. The molecule has 2 N–H and O–H groups in total. The summed E-state index contributed by atoms with van der Waals surface area (Å²) in [5.74, 6) is 0.997. The van der Waals surface area contributed by atoms with Crippen LogP contribution in [-0.2, 0) is 6.54 Å². The fourth-order valence-corrected chi connectivity index (χ4v) is 2.65. The number of rotatable bonds is 6. The highest BCUT2D eigenvalue weighted by molar-refractivity contribution is 5.61. The molecular weight excluding hydrogens is 236 g/mol. The van der Waals surface area contributed by atoms with Gasteiger partial charge in [-0.15, -0.1) is 0 Å². The van der Waals surface area contributed by atoms with Crippen molar-refractivity contribution in [3.8, 4) is 5.75 Å². The molecule has 2 rings (SSSR count). The standard InChI is InChI=1S/C16H26N2O/c1-3-4-5-6-9-18-12-13(2)19-16-10-14(11-17)7-8-15(16)18/h7-8,10,13H,3-6,9,11-12,17H2,1-2H3. The van der Waals surface area contributed by atoms with E-state index in [1.807, 2.05) is 0 Å². The van der Waals surface area contributed by atoms with Gasteiger partial charge in [-0.3, -0.25) is 0 Å². The van der Waals surface area contributed by atoms with Crippen molar-refractivity contribution in [2.24, 2.45) is 5.73 Å². The summed E-state index contributed by atoms with van der Waals surface area (Å²) in [5.41, 5.74) is 8.06. The number of hydrogen-bond acceptors (Lipinski definition) is 3. The number of nitrogens with two attached hydrogens (primary N) is 1. The first-order chi connectivity index (χ1) is 9.24. The Bertz CT molecular complexity index is 406. The van der Waals surface area contributed by atoms with E-state index in [2.05, 4.69) is 36.9 Å². The zero-order valence-electron chi connectivity index (χ0n) is 12.2. The molecule has 3 nitrogen and oxygen atoms in total. The smallest absolute Gasteiger partial charge is 0.143 e. The molecule has 0 amide bonds. The Morgan fingerprint density at radius 3 is 2.89 bits per heavy atom. The first-order valence-electron chi connectivity index (χ1n) is 7.49. The molecule has 1 heterocycles. The van der Waals surface area contributed by atoms with Crippen molar-refractivity contribution in [1.82, 2.24) is 0 Å². The molecule has 1 aromatic rings. The van der Waals surface area contributed by atoms with Crippen LogP contribution in [0, 0.1) is 0 Å². The van der Waals surface area contributed by atoms with Crippen LogP contribution in [0.3, 0.4) is 0 Å². The quantitative estimate of drug-likeness (QED) is 0.799. The minimum atomic E-state index is 0.256. The highest BCUT2D eigenvalue weighted by Crippen LogP contribution is 2.34. The Morgan fingerprint density at radius 1 is 1.32 bits per heavy atom. The lowest BCUT2D eigenvalue weighted by Gasteiger charge is -2.35. The van der Waals surface area contributed by atoms with E-state index in [9.17, 15) is 0 Å².